The minimum Gasteiger partial charge on any atom is -0.508 e. The standard InChI is InChI=1S/C20H18N2O2/c23-17-12-10-16(11-13-17)22-20(24)18-8-4-5-9-19(18)21-14-15-6-2-1-3-7-15/h1-13,21,23H,14H2,(H,22,24). The number of phenols is 1. The molecule has 1 amide bonds. The molecule has 0 unspecified atom stereocenters. The van der Waals surface area contributed by atoms with Crippen molar-refractivity contribution in [2.75, 3.05) is 10.6 Å². The molecule has 24 heavy (non-hydrogen) atoms. The highest BCUT2D eigenvalue weighted by Crippen LogP contribution is 2.19. The predicted molar refractivity (Wildman–Crippen MR) is 96.3 cm³/mol. The molecule has 0 spiro atoms. The lowest BCUT2D eigenvalue weighted by molar-refractivity contribution is 0.102. The number of nitrogens with one attached hydrogen (secondary N) is 2. The third kappa shape index (κ3) is 3.93. The number of carbonyl (C=O) groups is 1. The molecule has 3 N–H and O–H groups in total. The van der Waals surface area contributed by atoms with Crippen LogP contribution < -0.4 is 10.6 Å². The third-order valence-electron chi connectivity index (χ3n) is 3.62. The summed E-state index contributed by atoms with van der Waals surface area (Å²) in [6.07, 6.45) is 0. The van der Waals surface area contributed by atoms with Crippen LogP contribution in [0.2, 0.25) is 0 Å². The summed E-state index contributed by atoms with van der Waals surface area (Å²) in [5, 5.41) is 15.4. The molecule has 3 rings (SSSR count). The molecule has 0 atom stereocenters. The van der Waals surface area contributed by atoms with Crippen LogP contribution in [0, 0.1) is 0 Å². The number of hydrogen-bond acceptors (Lipinski definition) is 3. The largest absolute Gasteiger partial charge is 0.508 e. The van der Waals surface area contributed by atoms with Crippen LogP contribution in [0.15, 0.2) is 78.9 Å². The average Bonchev–Trinajstić information content (AvgIpc) is 2.63. The number of phenolic OH excluding ortho intramolecular Hbond substituents is 1. The van der Waals surface area contributed by atoms with E-state index in [0.29, 0.717) is 17.8 Å². The van der Waals surface area contributed by atoms with Crippen LogP contribution in [0.3, 0.4) is 0 Å². The molecule has 4 heteroatoms. The van der Waals surface area contributed by atoms with E-state index in [1.165, 1.54) is 12.1 Å². The van der Waals surface area contributed by atoms with Gasteiger partial charge in [-0.15, -0.1) is 0 Å². The maximum absolute atomic E-state index is 12.5. The van der Waals surface area contributed by atoms with E-state index in [2.05, 4.69) is 10.6 Å². The van der Waals surface area contributed by atoms with Gasteiger partial charge in [-0.3, -0.25) is 4.79 Å². The van der Waals surface area contributed by atoms with Gasteiger partial charge in [0.2, 0.25) is 0 Å². The number of anilines is 2. The van der Waals surface area contributed by atoms with Gasteiger partial charge in [-0.05, 0) is 42.0 Å². The van der Waals surface area contributed by atoms with Crippen LogP contribution in [0.4, 0.5) is 11.4 Å². The van der Waals surface area contributed by atoms with Crippen molar-refractivity contribution in [2.45, 2.75) is 6.54 Å². The Balaban J connectivity index is 1.73. The lowest BCUT2D eigenvalue weighted by atomic mass is 10.1. The van der Waals surface area contributed by atoms with Crippen molar-refractivity contribution >= 4 is 17.3 Å². The molecule has 0 heterocycles. The molecule has 0 fully saturated rings. The molecule has 0 aliphatic heterocycles. The number of aromatic hydroxyl groups is 1. The Morgan fingerprint density at radius 1 is 0.833 bits per heavy atom. The fourth-order valence-electron chi connectivity index (χ4n) is 2.37. The van der Waals surface area contributed by atoms with Gasteiger partial charge < -0.3 is 15.7 Å². The van der Waals surface area contributed by atoms with E-state index in [9.17, 15) is 9.90 Å². The molecule has 0 saturated carbocycles. The Morgan fingerprint density at radius 2 is 1.50 bits per heavy atom. The van der Waals surface area contributed by atoms with Crippen molar-refractivity contribution in [1.82, 2.24) is 0 Å². The van der Waals surface area contributed by atoms with E-state index in [0.717, 1.165) is 11.3 Å². The first kappa shape index (κ1) is 15.6. The third-order valence-corrected chi connectivity index (χ3v) is 3.62. The molecule has 3 aromatic rings. The molecule has 4 nitrogen and oxygen atoms in total. The fraction of sp³-hybridized carbons (Fsp3) is 0.0500. The van der Waals surface area contributed by atoms with E-state index in [1.54, 1.807) is 18.2 Å². The van der Waals surface area contributed by atoms with E-state index < -0.39 is 0 Å². The molecular weight excluding hydrogens is 300 g/mol. The summed E-state index contributed by atoms with van der Waals surface area (Å²) in [5.41, 5.74) is 3.13. The lowest BCUT2D eigenvalue weighted by Gasteiger charge is -2.12. The molecule has 0 saturated heterocycles. The van der Waals surface area contributed by atoms with Crippen LogP contribution in [-0.2, 0) is 6.54 Å². The summed E-state index contributed by atoms with van der Waals surface area (Å²) >= 11 is 0. The van der Waals surface area contributed by atoms with E-state index in [4.69, 9.17) is 0 Å². The summed E-state index contributed by atoms with van der Waals surface area (Å²) < 4.78 is 0. The van der Waals surface area contributed by atoms with Crippen LogP contribution in [0.5, 0.6) is 5.75 Å². The first-order valence-corrected chi connectivity index (χ1v) is 7.69. The highest BCUT2D eigenvalue weighted by atomic mass is 16.3. The van der Waals surface area contributed by atoms with E-state index >= 15 is 0 Å². The van der Waals surface area contributed by atoms with Crippen molar-refractivity contribution in [3.05, 3.63) is 90.0 Å². The number of amides is 1. The maximum atomic E-state index is 12.5. The second-order valence-electron chi connectivity index (χ2n) is 5.39. The molecule has 0 aliphatic rings. The molecule has 0 aromatic heterocycles. The van der Waals surface area contributed by atoms with E-state index in [1.807, 2.05) is 48.5 Å². The van der Waals surface area contributed by atoms with Crippen molar-refractivity contribution in [1.29, 1.82) is 0 Å². The second kappa shape index (κ2) is 7.33. The van der Waals surface area contributed by atoms with Gasteiger partial charge in [-0.2, -0.15) is 0 Å². The van der Waals surface area contributed by atoms with Gasteiger partial charge in [-0.25, -0.2) is 0 Å². The average molecular weight is 318 g/mol. The first-order chi connectivity index (χ1) is 11.7. The smallest absolute Gasteiger partial charge is 0.257 e. The van der Waals surface area contributed by atoms with Crippen LogP contribution in [0.1, 0.15) is 15.9 Å². The lowest BCUT2D eigenvalue weighted by Crippen LogP contribution is -2.14. The Hall–Kier alpha value is -3.27. The summed E-state index contributed by atoms with van der Waals surface area (Å²) in [4.78, 5) is 12.5. The summed E-state index contributed by atoms with van der Waals surface area (Å²) in [6, 6.07) is 23.8. The molecule has 3 aromatic carbocycles. The molecular formula is C20H18N2O2. The summed E-state index contributed by atoms with van der Waals surface area (Å²) in [7, 11) is 0. The Kier molecular flexibility index (Phi) is 4.77. The second-order valence-corrected chi connectivity index (χ2v) is 5.39. The maximum Gasteiger partial charge on any atom is 0.257 e. The van der Waals surface area contributed by atoms with Crippen LogP contribution in [0.25, 0.3) is 0 Å². The van der Waals surface area contributed by atoms with Gasteiger partial charge in [0, 0.05) is 17.9 Å². The summed E-state index contributed by atoms with van der Waals surface area (Å²) in [6.45, 7) is 0.643. The highest BCUT2D eigenvalue weighted by Gasteiger charge is 2.11. The number of benzene rings is 3. The number of rotatable bonds is 5. The van der Waals surface area contributed by atoms with Gasteiger partial charge in [0.05, 0.1) is 5.56 Å². The number of para-hydroxylation sites is 1. The first-order valence-electron chi connectivity index (χ1n) is 7.69. The zero-order chi connectivity index (χ0) is 16.8. The van der Waals surface area contributed by atoms with Gasteiger partial charge in [-0.1, -0.05) is 42.5 Å². The monoisotopic (exact) mass is 318 g/mol. The predicted octanol–water partition coefficient (Wildman–Crippen LogP) is 4.26. The molecule has 0 radical (unpaired) electrons. The quantitative estimate of drug-likeness (QED) is 0.616. The Bertz CT molecular complexity index is 815. The zero-order valence-electron chi connectivity index (χ0n) is 13.1. The SMILES string of the molecule is O=C(Nc1ccc(O)cc1)c1ccccc1NCc1ccccc1. The van der Waals surface area contributed by atoms with Crippen LogP contribution >= 0.6 is 0 Å². The Labute approximate surface area is 140 Å². The summed E-state index contributed by atoms with van der Waals surface area (Å²) in [5.74, 6) is -0.0326. The molecule has 0 aliphatic carbocycles. The number of hydrogen-bond donors (Lipinski definition) is 3. The zero-order valence-corrected chi connectivity index (χ0v) is 13.1. The van der Waals surface area contributed by atoms with Gasteiger partial charge >= 0.3 is 0 Å². The number of carbonyl (C=O) groups excluding carboxylic acids is 1. The van der Waals surface area contributed by atoms with Crippen molar-refractivity contribution in [3.63, 3.8) is 0 Å². The molecule has 0 bridgehead atoms. The van der Waals surface area contributed by atoms with Gasteiger partial charge in [0.1, 0.15) is 5.75 Å². The minimum atomic E-state index is -0.197. The van der Waals surface area contributed by atoms with Crippen molar-refractivity contribution in [2.24, 2.45) is 0 Å². The van der Waals surface area contributed by atoms with Crippen molar-refractivity contribution < 1.29 is 9.90 Å². The van der Waals surface area contributed by atoms with Gasteiger partial charge in [0.15, 0.2) is 0 Å². The van der Waals surface area contributed by atoms with Crippen LogP contribution in [-0.4, -0.2) is 11.0 Å². The Morgan fingerprint density at radius 3 is 2.25 bits per heavy atom. The normalized spacial score (nSPS) is 10.2. The fourth-order valence-corrected chi connectivity index (χ4v) is 2.37. The minimum absolute atomic E-state index is 0.165. The van der Waals surface area contributed by atoms with E-state index in [-0.39, 0.29) is 11.7 Å². The van der Waals surface area contributed by atoms with Gasteiger partial charge in [0.25, 0.3) is 5.91 Å². The molecule has 120 valence electrons. The highest BCUT2D eigenvalue weighted by molar-refractivity contribution is 6.08. The topological polar surface area (TPSA) is 61.4 Å². The van der Waals surface area contributed by atoms with Crippen molar-refractivity contribution in [3.8, 4) is 5.75 Å².